The highest BCUT2D eigenvalue weighted by molar-refractivity contribution is 5.94. The van der Waals surface area contributed by atoms with Gasteiger partial charge in [-0.2, -0.15) is 5.11 Å². The number of hydrogen-bond acceptors (Lipinski definition) is 8. The molecule has 2 fully saturated rings. The second-order valence-corrected chi connectivity index (χ2v) is 12.0. The van der Waals surface area contributed by atoms with Gasteiger partial charge in [-0.05, 0) is 88.2 Å². The van der Waals surface area contributed by atoms with E-state index in [1.807, 2.05) is 4.90 Å². The maximum atomic E-state index is 13.5. The lowest BCUT2D eigenvalue weighted by Crippen LogP contribution is -2.42. The second-order valence-electron chi connectivity index (χ2n) is 12.0. The molecule has 4 rings (SSSR count). The van der Waals surface area contributed by atoms with Crippen molar-refractivity contribution in [2.75, 3.05) is 13.2 Å². The van der Waals surface area contributed by atoms with Gasteiger partial charge in [-0.15, -0.1) is 0 Å². The molecule has 1 spiro atoms. The lowest BCUT2D eigenvalue weighted by atomic mass is 9.57. The van der Waals surface area contributed by atoms with Gasteiger partial charge in [0.15, 0.2) is 0 Å². The number of esters is 1. The van der Waals surface area contributed by atoms with Gasteiger partial charge in [0.1, 0.15) is 12.6 Å². The number of carbonyl (C=O) groups is 2. The van der Waals surface area contributed by atoms with Gasteiger partial charge in [0.05, 0.1) is 34.3 Å². The average molecular weight is 523 g/mol. The van der Waals surface area contributed by atoms with Crippen LogP contribution in [0.1, 0.15) is 96.5 Å². The van der Waals surface area contributed by atoms with E-state index in [0.717, 1.165) is 56.3 Å². The van der Waals surface area contributed by atoms with Crippen LogP contribution >= 0.6 is 0 Å². The number of amides is 1. The Morgan fingerprint density at radius 1 is 1.13 bits per heavy atom. The molecule has 3 atom stereocenters. The van der Waals surface area contributed by atoms with Crippen molar-refractivity contribution >= 4 is 18.1 Å². The molecule has 3 heterocycles. The average Bonchev–Trinajstić information content (AvgIpc) is 3.43. The molecule has 1 aliphatic carbocycles. The fourth-order valence-electron chi connectivity index (χ4n) is 6.54. The molecule has 0 aromatic carbocycles. The van der Waals surface area contributed by atoms with Gasteiger partial charge in [-0.25, -0.2) is 10.3 Å². The highest BCUT2D eigenvalue weighted by Crippen LogP contribution is 2.55. The molecule has 1 saturated heterocycles. The van der Waals surface area contributed by atoms with Gasteiger partial charge >= 0.3 is 5.97 Å². The number of nitrogens with one attached hydrogen (secondary N) is 2. The van der Waals surface area contributed by atoms with Gasteiger partial charge < -0.3 is 15.0 Å². The number of aromatic nitrogens is 2. The Bertz CT molecular complexity index is 1090. The Morgan fingerprint density at radius 2 is 1.87 bits per heavy atom. The SMILES string of the molecule is CC1=C(N2CCC3(CCC(C)(C(C)C(C)CCc4cnc(C(CCC=N)N=N)cn4)CC3)C2=O)COC1=O. The summed E-state index contributed by atoms with van der Waals surface area (Å²) in [5, 5.41) is 10.8. The minimum absolute atomic E-state index is 0.188. The first-order chi connectivity index (χ1) is 18.1. The first-order valence-corrected chi connectivity index (χ1v) is 14.0. The summed E-state index contributed by atoms with van der Waals surface area (Å²) in [5.74, 6) is 0.900. The zero-order valence-corrected chi connectivity index (χ0v) is 23.3. The number of cyclic esters (lactones) is 1. The Kier molecular flexibility index (Phi) is 8.43. The van der Waals surface area contributed by atoms with Crippen LogP contribution in [0.15, 0.2) is 28.8 Å². The van der Waals surface area contributed by atoms with Gasteiger partial charge in [0.25, 0.3) is 0 Å². The van der Waals surface area contributed by atoms with Crippen molar-refractivity contribution in [1.82, 2.24) is 14.9 Å². The molecule has 3 unspecified atom stereocenters. The Labute approximate surface area is 225 Å². The third-order valence-corrected chi connectivity index (χ3v) is 9.88. The normalized spacial score (nSPS) is 27.9. The lowest BCUT2D eigenvalue weighted by molar-refractivity contribution is -0.139. The third-order valence-electron chi connectivity index (χ3n) is 9.88. The zero-order chi connectivity index (χ0) is 27.5. The summed E-state index contributed by atoms with van der Waals surface area (Å²) < 4.78 is 5.16. The molecular formula is C29H42N6O3. The predicted octanol–water partition coefficient (Wildman–Crippen LogP) is 5.81. The van der Waals surface area contributed by atoms with E-state index in [1.54, 1.807) is 19.3 Å². The molecule has 2 aliphatic heterocycles. The Hall–Kier alpha value is -2.97. The largest absolute Gasteiger partial charge is 0.456 e. The predicted molar refractivity (Wildman–Crippen MR) is 144 cm³/mol. The minimum Gasteiger partial charge on any atom is -0.456 e. The van der Waals surface area contributed by atoms with Crippen LogP contribution in [0.25, 0.3) is 0 Å². The minimum atomic E-state index is -0.333. The second kappa shape index (κ2) is 11.4. The summed E-state index contributed by atoms with van der Waals surface area (Å²) in [6, 6.07) is -0.333. The van der Waals surface area contributed by atoms with Crippen LogP contribution in [-0.4, -0.2) is 46.1 Å². The van der Waals surface area contributed by atoms with Crippen LogP contribution in [0, 0.1) is 33.6 Å². The van der Waals surface area contributed by atoms with E-state index in [0.29, 0.717) is 42.5 Å². The van der Waals surface area contributed by atoms with E-state index in [4.69, 9.17) is 15.7 Å². The number of ether oxygens (including phenoxy) is 1. The van der Waals surface area contributed by atoms with Crippen LogP contribution in [0.2, 0.25) is 0 Å². The van der Waals surface area contributed by atoms with E-state index >= 15 is 0 Å². The molecule has 1 saturated carbocycles. The first kappa shape index (κ1) is 28.0. The van der Waals surface area contributed by atoms with Gasteiger partial charge in [-0.3, -0.25) is 14.8 Å². The van der Waals surface area contributed by atoms with Crippen LogP contribution in [0.4, 0.5) is 0 Å². The Balaban J connectivity index is 1.31. The quantitative estimate of drug-likeness (QED) is 0.215. The molecule has 2 N–H and O–H groups in total. The monoisotopic (exact) mass is 522 g/mol. The van der Waals surface area contributed by atoms with Crippen molar-refractivity contribution < 1.29 is 14.3 Å². The van der Waals surface area contributed by atoms with Crippen LogP contribution in [-0.2, 0) is 20.7 Å². The van der Waals surface area contributed by atoms with E-state index < -0.39 is 0 Å². The van der Waals surface area contributed by atoms with Crippen molar-refractivity contribution in [1.29, 1.82) is 10.9 Å². The van der Waals surface area contributed by atoms with Gasteiger partial charge in [0, 0.05) is 12.7 Å². The molecule has 9 heteroatoms. The van der Waals surface area contributed by atoms with Gasteiger partial charge in [0.2, 0.25) is 5.91 Å². The van der Waals surface area contributed by atoms with Crippen molar-refractivity contribution in [3.05, 3.63) is 35.1 Å². The van der Waals surface area contributed by atoms with E-state index in [-0.39, 0.29) is 35.4 Å². The Morgan fingerprint density at radius 3 is 2.45 bits per heavy atom. The fraction of sp³-hybridized carbons (Fsp3) is 0.690. The van der Waals surface area contributed by atoms with Gasteiger partial charge in [-0.1, -0.05) is 20.8 Å². The number of aryl methyl sites for hydroxylation is 1. The summed E-state index contributed by atoms with van der Waals surface area (Å²) in [7, 11) is 0. The van der Waals surface area contributed by atoms with E-state index in [1.165, 1.54) is 6.21 Å². The van der Waals surface area contributed by atoms with Crippen molar-refractivity contribution in [2.45, 2.75) is 91.5 Å². The summed E-state index contributed by atoms with van der Waals surface area (Å²) in [6.45, 7) is 9.74. The maximum Gasteiger partial charge on any atom is 0.336 e. The number of nitrogens with zero attached hydrogens (tertiary/aromatic N) is 4. The molecule has 1 aromatic rings. The summed E-state index contributed by atoms with van der Waals surface area (Å²) in [4.78, 5) is 36.3. The number of carbonyl (C=O) groups excluding carboxylic acids is 2. The first-order valence-electron chi connectivity index (χ1n) is 14.0. The molecule has 0 bridgehead atoms. The summed E-state index contributed by atoms with van der Waals surface area (Å²) >= 11 is 0. The topological polar surface area (TPSA) is 132 Å². The molecule has 1 aromatic heterocycles. The van der Waals surface area contributed by atoms with Crippen LogP contribution in [0.5, 0.6) is 0 Å². The highest BCUT2D eigenvalue weighted by Gasteiger charge is 2.53. The van der Waals surface area contributed by atoms with E-state index in [2.05, 4.69) is 35.9 Å². The molecular weight excluding hydrogens is 480 g/mol. The fourth-order valence-corrected chi connectivity index (χ4v) is 6.54. The molecule has 0 radical (unpaired) electrons. The smallest absolute Gasteiger partial charge is 0.336 e. The number of likely N-dealkylation sites (tertiary alicyclic amines) is 1. The molecule has 9 nitrogen and oxygen atoms in total. The molecule has 38 heavy (non-hydrogen) atoms. The highest BCUT2D eigenvalue weighted by atomic mass is 16.5. The van der Waals surface area contributed by atoms with Crippen LogP contribution < -0.4 is 0 Å². The summed E-state index contributed by atoms with van der Waals surface area (Å²) in [6.07, 6.45) is 12.7. The van der Waals surface area contributed by atoms with E-state index in [9.17, 15) is 9.59 Å². The zero-order valence-electron chi connectivity index (χ0n) is 23.3. The molecule has 3 aliphatic rings. The number of hydrogen-bond donors (Lipinski definition) is 2. The lowest BCUT2D eigenvalue weighted by Gasteiger charge is -2.47. The molecule has 1 amide bonds. The van der Waals surface area contributed by atoms with Crippen molar-refractivity contribution in [3.63, 3.8) is 0 Å². The summed E-state index contributed by atoms with van der Waals surface area (Å²) in [5.41, 5.74) is 10.3. The van der Waals surface area contributed by atoms with Crippen LogP contribution in [0.3, 0.4) is 0 Å². The van der Waals surface area contributed by atoms with Crippen molar-refractivity contribution in [2.24, 2.45) is 27.8 Å². The third kappa shape index (κ3) is 5.43. The van der Waals surface area contributed by atoms with Crippen molar-refractivity contribution in [3.8, 4) is 0 Å². The maximum absolute atomic E-state index is 13.5. The number of rotatable bonds is 11. The molecule has 206 valence electrons. The standard InChI is InChI=1S/C29H42N6O3/c1-19(7-8-22-16-33-24(17-32-22)23(34-31)6-5-14-30)21(3)28(4)9-11-29(12-10-28)13-15-35(27(29)37)25-18-38-26(36)20(25)2/h14,16-17,19,21,23,30-31H,5-13,15,18H2,1-4H3.